The number of amides is 1. The van der Waals surface area contributed by atoms with Crippen molar-refractivity contribution >= 4 is 23.4 Å². The van der Waals surface area contributed by atoms with Crippen LogP contribution in [-0.4, -0.2) is 18.8 Å². The number of nitrogens with zero attached hydrogens (tertiary/aromatic N) is 1. The molecule has 0 saturated carbocycles. The van der Waals surface area contributed by atoms with Crippen molar-refractivity contribution in [2.24, 2.45) is 0 Å². The predicted molar refractivity (Wildman–Crippen MR) is 114 cm³/mol. The molecular weight excluding hydrogens is 386 g/mol. The van der Waals surface area contributed by atoms with E-state index in [2.05, 4.69) is 23.6 Å². The number of anilines is 1. The van der Waals surface area contributed by atoms with Crippen LogP contribution in [-0.2, 0) is 4.79 Å². The van der Waals surface area contributed by atoms with Crippen molar-refractivity contribution < 1.29 is 13.9 Å². The van der Waals surface area contributed by atoms with Crippen LogP contribution in [0.15, 0.2) is 69.0 Å². The zero-order chi connectivity index (χ0) is 20.8. The van der Waals surface area contributed by atoms with Gasteiger partial charge in [0.2, 0.25) is 0 Å². The lowest BCUT2D eigenvalue weighted by molar-refractivity contribution is -0.113. The normalized spacial score (nSPS) is 16.3. The van der Waals surface area contributed by atoms with E-state index in [1.54, 1.807) is 49.4 Å². The van der Waals surface area contributed by atoms with E-state index in [0.29, 0.717) is 34.0 Å². The Morgan fingerprint density at radius 1 is 1.34 bits per heavy atom. The number of dihydropyridines is 1. The van der Waals surface area contributed by atoms with Crippen molar-refractivity contribution in [3.63, 3.8) is 0 Å². The molecule has 7 heteroatoms. The minimum atomic E-state index is -0.578. The number of methoxy groups -OCH3 is 1. The summed E-state index contributed by atoms with van der Waals surface area (Å²) in [5, 5.41) is 16.8. The molecule has 0 aliphatic carbocycles. The molecule has 1 aromatic carbocycles. The maximum absolute atomic E-state index is 13.3. The number of nitriles is 1. The maximum Gasteiger partial charge on any atom is 0.254 e. The summed E-state index contributed by atoms with van der Waals surface area (Å²) in [6.45, 7) is 3.93. The number of hydrogen-bond donors (Lipinski definition) is 2. The molecule has 3 rings (SSSR count). The minimum absolute atomic E-state index is 0.312. The molecule has 1 aliphatic heterocycles. The van der Waals surface area contributed by atoms with Gasteiger partial charge in [-0.3, -0.25) is 4.79 Å². The van der Waals surface area contributed by atoms with Gasteiger partial charge in [-0.2, -0.15) is 5.26 Å². The first kappa shape index (κ1) is 20.6. The van der Waals surface area contributed by atoms with E-state index in [1.165, 1.54) is 0 Å². The Kier molecular flexibility index (Phi) is 6.68. The fourth-order valence-corrected chi connectivity index (χ4v) is 4.16. The van der Waals surface area contributed by atoms with Gasteiger partial charge in [-0.25, -0.2) is 0 Å². The summed E-state index contributed by atoms with van der Waals surface area (Å²) in [6.07, 6.45) is 2.53. The van der Waals surface area contributed by atoms with E-state index in [9.17, 15) is 10.1 Å². The molecule has 150 valence electrons. The summed E-state index contributed by atoms with van der Waals surface area (Å²) in [5.74, 6) is 1.10. The molecule has 1 amide bonds. The van der Waals surface area contributed by atoms with Gasteiger partial charge < -0.3 is 19.8 Å². The molecule has 1 aliphatic rings. The molecule has 0 bridgehead atoms. The van der Waals surface area contributed by atoms with Crippen LogP contribution in [0.2, 0.25) is 0 Å². The molecule has 2 aromatic rings. The Bertz CT molecular complexity index is 987. The average Bonchev–Trinajstić information content (AvgIpc) is 3.26. The summed E-state index contributed by atoms with van der Waals surface area (Å²) in [7, 11) is 1.55. The third-order valence-corrected chi connectivity index (χ3v) is 5.75. The zero-order valence-electron chi connectivity index (χ0n) is 16.6. The largest absolute Gasteiger partial charge is 0.495 e. The smallest absolute Gasteiger partial charge is 0.254 e. The van der Waals surface area contributed by atoms with Crippen LogP contribution >= 0.6 is 11.8 Å². The van der Waals surface area contributed by atoms with Crippen molar-refractivity contribution in [2.75, 3.05) is 18.2 Å². The van der Waals surface area contributed by atoms with E-state index >= 15 is 0 Å². The Labute approximate surface area is 174 Å². The number of benzene rings is 1. The van der Waals surface area contributed by atoms with Crippen molar-refractivity contribution in [3.8, 4) is 11.8 Å². The number of allylic oxidation sites excluding steroid dienone is 2. The van der Waals surface area contributed by atoms with Crippen LogP contribution in [0.1, 0.15) is 31.9 Å². The van der Waals surface area contributed by atoms with Crippen LogP contribution in [0, 0.1) is 11.3 Å². The number of carbonyl (C=O) groups excluding carboxylic acids is 1. The lowest BCUT2D eigenvalue weighted by atomic mass is 9.85. The van der Waals surface area contributed by atoms with Crippen molar-refractivity contribution in [1.82, 2.24) is 5.32 Å². The lowest BCUT2D eigenvalue weighted by Gasteiger charge is -2.28. The van der Waals surface area contributed by atoms with Crippen LogP contribution in [0.3, 0.4) is 0 Å². The summed E-state index contributed by atoms with van der Waals surface area (Å²) in [4.78, 5) is 13.3. The minimum Gasteiger partial charge on any atom is -0.495 e. The molecule has 0 unspecified atom stereocenters. The Hall–Kier alpha value is -3.11. The number of furan rings is 1. The van der Waals surface area contributed by atoms with E-state index < -0.39 is 5.92 Å². The van der Waals surface area contributed by atoms with Gasteiger partial charge in [0.25, 0.3) is 5.91 Å². The number of thioether (sulfide) groups is 1. The number of carbonyl (C=O) groups is 1. The standard InChI is InChI=1S/C22H23N3O3S/c1-4-12-29-22-15(13-23)20(18-10-7-11-28-18)19(14(2)24-22)21(26)25-16-8-5-6-9-17(16)27-3/h5-11,20,24H,4,12H2,1-3H3,(H,25,26)/t20-/m0/s1. The van der Waals surface area contributed by atoms with Crippen LogP contribution in [0.4, 0.5) is 5.69 Å². The van der Waals surface area contributed by atoms with Gasteiger partial charge in [0, 0.05) is 5.70 Å². The van der Waals surface area contributed by atoms with Crippen LogP contribution in [0.5, 0.6) is 5.75 Å². The zero-order valence-corrected chi connectivity index (χ0v) is 17.4. The number of rotatable bonds is 7. The molecular formula is C22H23N3O3S. The molecule has 29 heavy (non-hydrogen) atoms. The van der Waals surface area contributed by atoms with Crippen LogP contribution < -0.4 is 15.4 Å². The third-order valence-electron chi connectivity index (χ3n) is 4.53. The van der Waals surface area contributed by atoms with Crippen LogP contribution in [0.25, 0.3) is 0 Å². The van der Waals surface area contributed by atoms with E-state index in [4.69, 9.17) is 9.15 Å². The van der Waals surface area contributed by atoms with E-state index in [1.807, 2.05) is 19.1 Å². The molecule has 1 atom stereocenters. The third kappa shape index (κ3) is 4.33. The second-order valence-electron chi connectivity index (χ2n) is 6.47. The summed E-state index contributed by atoms with van der Waals surface area (Å²) >= 11 is 1.58. The van der Waals surface area contributed by atoms with Gasteiger partial charge in [-0.05, 0) is 43.4 Å². The summed E-state index contributed by atoms with van der Waals surface area (Å²) in [5.41, 5.74) is 2.18. The van der Waals surface area contributed by atoms with Gasteiger partial charge in [0.15, 0.2) is 0 Å². The van der Waals surface area contributed by atoms with Gasteiger partial charge in [-0.15, -0.1) is 11.8 Å². The lowest BCUT2D eigenvalue weighted by Crippen LogP contribution is -2.30. The SMILES string of the molecule is CCCSC1=C(C#N)[C@@H](c2ccco2)C(C(=O)Nc2ccccc2OC)=C(C)N1. The fourth-order valence-electron chi connectivity index (χ4n) is 3.21. The highest BCUT2D eigenvalue weighted by Crippen LogP contribution is 2.41. The number of para-hydroxylation sites is 2. The first-order valence-electron chi connectivity index (χ1n) is 9.33. The first-order chi connectivity index (χ1) is 14.1. The monoisotopic (exact) mass is 409 g/mol. The molecule has 6 nitrogen and oxygen atoms in total. The Morgan fingerprint density at radius 3 is 2.79 bits per heavy atom. The molecule has 0 saturated heterocycles. The highest BCUT2D eigenvalue weighted by Gasteiger charge is 2.36. The maximum atomic E-state index is 13.3. The van der Waals surface area contributed by atoms with Crippen molar-refractivity contribution in [1.29, 1.82) is 5.26 Å². The van der Waals surface area contributed by atoms with Gasteiger partial charge >= 0.3 is 0 Å². The Balaban J connectivity index is 2.02. The number of ether oxygens (including phenoxy) is 1. The van der Waals surface area contributed by atoms with Gasteiger partial charge in [-0.1, -0.05) is 19.1 Å². The molecule has 2 heterocycles. The van der Waals surface area contributed by atoms with Crippen molar-refractivity contribution in [3.05, 3.63) is 70.3 Å². The van der Waals surface area contributed by atoms with Crippen molar-refractivity contribution in [2.45, 2.75) is 26.2 Å². The molecule has 1 aromatic heterocycles. The van der Waals surface area contributed by atoms with E-state index in [0.717, 1.165) is 17.2 Å². The quantitative estimate of drug-likeness (QED) is 0.685. The second-order valence-corrected chi connectivity index (χ2v) is 7.57. The van der Waals surface area contributed by atoms with E-state index in [-0.39, 0.29) is 5.91 Å². The average molecular weight is 410 g/mol. The first-order valence-corrected chi connectivity index (χ1v) is 10.3. The highest BCUT2D eigenvalue weighted by atomic mass is 32.2. The number of nitrogens with one attached hydrogen (secondary N) is 2. The topological polar surface area (TPSA) is 87.3 Å². The summed E-state index contributed by atoms with van der Waals surface area (Å²) in [6, 6.07) is 13.0. The van der Waals surface area contributed by atoms with Gasteiger partial charge in [0.1, 0.15) is 11.5 Å². The fraction of sp³-hybridized carbons (Fsp3) is 0.273. The van der Waals surface area contributed by atoms with Gasteiger partial charge in [0.05, 0.1) is 47.2 Å². The second kappa shape index (κ2) is 9.39. The summed E-state index contributed by atoms with van der Waals surface area (Å²) < 4.78 is 11.0. The number of hydrogen-bond acceptors (Lipinski definition) is 6. The molecule has 0 spiro atoms. The molecule has 0 radical (unpaired) electrons. The highest BCUT2D eigenvalue weighted by molar-refractivity contribution is 8.03. The molecule has 2 N–H and O–H groups in total. The predicted octanol–water partition coefficient (Wildman–Crippen LogP) is 4.77. The Morgan fingerprint density at radius 2 is 2.14 bits per heavy atom. The molecule has 0 fully saturated rings.